The van der Waals surface area contributed by atoms with Gasteiger partial charge in [-0.05, 0) is 5.92 Å². The van der Waals surface area contributed by atoms with E-state index in [9.17, 15) is 16.8 Å². The predicted molar refractivity (Wildman–Crippen MR) is 66.0 cm³/mol. The minimum Gasteiger partial charge on any atom is -0.229 e. The van der Waals surface area contributed by atoms with E-state index in [4.69, 9.17) is 11.6 Å². The summed E-state index contributed by atoms with van der Waals surface area (Å²) in [6.07, 6.45) is 0. The molecule has 1 N–H and O–H groups in total. The van der Waals surface area contributed by atoms with Crippen molar-refractivity contribution in [2.24, 2.45) is 5.92 Å². The van der Waals surface area contributed by atoms with Gasteiger partial charge in [0.05, 0.1) is 11.5 Å². The quantitative estimate of drug-likeness (QED) is 0.649. The second kappa shape index (κ2) is 6.78. The van der Waals surface area contributed by atoms with Gasteiger partial charge in [-0.25, -0.2) is 21.6 Å². The third kappa shape index (κ3) is 7.43. The van der Waals surface area contributed by atoms with Gasteiger partial charge in [0.15, 0.2) is 9.84 Å². The monoisotopic (exact) mass is 291 g/mol. The molecule has 0 saturated heterocycles. The highest BCUT2D eigenvalue weighted by atomic mass is 35.5. The first-order valence-electron chi connectivity index (χ1n) is 4.96. The second-order valence-electron chi connectivity index (χ2n) is 3.67. The van der Waals surface area contributed by atoms with Crippen molar-refractivity contribution in [3.8, 4) is 0 Å². The lowest BCUT2D eigenvalue weighted by molar-refractivity contribution is 0.570. The molecule has 0 aliphatic heterocycles. The van der Waals surface area contributed by atoms with E-state index in [-0.39, 0.29) is 35.6 Å². The van der Waals surface area contributed by atoms with Gasteiger partial charge in [-0.15, -0.1) is 11.6 Å². The van der Waals surface area contributed by atoms with Crippen molar-refractivity contribution in [2.45, 2.75) is 13.8 Å². The molecule has 98 valence electrons. The van der Waals surface area contributed by atoms with Gasteiger partial charge in [0.2, 0.25) is 10.0 Å². The van der Waals surface area contributed by atoms with Gasteiger partial charge < -0.3 is 0 Å². The minimum atomic E-state index is -3.42. The van der Waals surface area contributed by atoms with E-state index in [1.165, 1.54) is 6.92 Å². The molecule has 0 radical (unpaired) electrons. The third-order valence-corrected chi connectivity index (χ3v) is 5.83. The van der Waals surface area contributed by atoms with Crippen LogP contribution in [0.1, 0.15) is 13.8 Å². The Morgan fingerprint density at radius 2 is 1.81 bits per heavy atom. The van der Waals surface area contributed by atoms with E-state index < -0.39 is 19.9 Å². The lowest BCUT2D eigenvalue weighted by Gasteiger charge is -2.09. The maximum absolute atomic E-state index is 11.4. The van der Waals surface area contributed by atoms with Crippen LogP contribution >= 0.6 is 11.6 Å². The molecule has 0 aliphatic carbocycles. The van der Waals surface area contributed by atoms with Crippen LogP contribution in [-0.4, -0.2) is 46.5 Å². The van der Waals surface area contributed by atoms with Gasteiger partial charge in [0.1, 0.15) is 0 Å². The molecular formula is C8H18ClNO4S2. The molecule has 0 aromatic carbocycles. The Morgan fingerprint density at radius 3 is 2.25 bits per heavy atom. The summed E-state index contributed by atoms with van der Waals surface area (Å²) < 4.78 is 47.3. The van der Waals surface area contributed by atoms with Gasteiger partial charge in [0, 0.05) is 18.2 Å². The SMILES string of the molecule is CCS(=O)(=O)CCNS(=O)(=O)CC(C)CCl. The number of nitrogens with one attached hydrogen (secondary N) is 1. The summed E-state index contributed by atoms with van der Waals surface area (Å²) in [6, 6.07) is 0. The lowest BCUT2D eigenvalue weighted by atomic mass is 10.3. The minimum absolute atomic E-state index is 0.0206. The van der Waals surface area contributed by atoms with Gasteiger partial charge >= 0.3 is 0 Å². The van der Waals surface area contributed by atoms with Crippen LogP contribution in [0.25, 0.3) is 0 Å². The Labute approximate surface area is 103 Å². The summed E-state index contributed by atoms with van der Waals surface area (Å²) in [5.74, 6) is -0.122. The highest BCUT2D eigenvalue weighted by Crippen LogP contribution is 2.01. The maximum Gasteiger partial charge on any atom is 0.211 e. The molecule has 0 aliphatic rings. The van der Waals surface area contributed by atoms with E-state index in [2.05, 4.69) is 4.72 Å². The van der Waals surface area contributed by atoms with Crippen molar-refractivity contribution >= 4 is 31.5 Å². The van der Waals surface area contributed by atoms with Crippen LogP contribution in [-0.2, 0) is 19.9 Å². The number of sulfone groups is 1. The van der Waals surface area contributed by atoms with Crippen LogP contribution in [0.3, 0.4) is 0 Å². The Morgan fingerprint density at radius 1 is 1.25 bits per heavy atom. The van der Waals surface area contributed by atoms with Crippen LogP contribution in [0.5, 0.6) is 0 Å². The molecule has 0 bridgehead atoms. The zero-order chi connectivity index (χ0) is 12.8. The molecule has 0 aromatic rings. The van der Waals surface area contributed by atoms with E-state index in [0.29, 0.717) is 0 Å². The topological polar surface area (TPSA) is 80.3 Å². The number of hydrogen-bond donors (Lipinski definition) is 1. The average Bonchev–Trinajstić information content (AvgIpc) is 2.16. The van der Waals surface area contributed by atoms with Crippen molar-refractivity contribution in [2.75, 3.05) is 29.7 Å². The third-order valence-electron chi connectivity index (χ3n) is 1.94. The van der Waals surface area contributed by atoms with E-state index >= 15 is 0 Å². The fraction of sp³-hybridized carbons (Fsp3) is 1.00. The Bertz CT molecular complexity index is 390. The summed E-state index contributed by atoms with van der Waals surface area (Å²) in [7, 11) is -6.55. The zero-order valence-electron chi connectivity index (χ0n) is 9.44. The lowest BCUT2D eigenvalue weighted by Crippen LogP contribution is -2.33. The largest absolute Gasteiger partial charge is 0.229 e. The number of rotatable bonds is 8. The van der Waals surface area contributed by atoms with Gasteiger partial charge in [-0.3, -0.25) is 0 Å². The Hall–Kier alpha value is 0.150. The van der Waals surface area contributed by atoms with Crippen molar-refractivity contribution in [3.05, 3.63) is 0 Å². The zero-order valence-corrected chi connectivity index (χ0v) is 11.8. The first-order valence-corrected chi connectivity index (χ1v) is 8.97. The highest BCUT2D eigenvalue weighted by molar-refractivity contribution is 7.91. The number of alkyl halides is 1. The second-order valence-corrected chi connectivity index (χ2v) is 8.30. The molecule has 0 amide bonds. The molecule has 0 spiro atoms. The summed E-state index contributed by atoms with van der Waals surface area (Å²) in [5.41, 5.74) is 0. The maximum atomic E-state index is 11.4. The van der Waals surface area contributed by atoms with Gasteiger partial charge in [-0.1, -0.05) is 13.8 Å². The van der Waals surface area contributed by atoms with Gasteiger partial charge in [-0.2, -0.15) is 0 Å². The normalized spacial score (nSPS) is 14.9. The molecule has 5 nitrogen and oxygen atoms in total. The summed E-state index contributed by atoms with van der Waals surface area (Å²) in [4.78, 5) is 0. The summed E-state index contributed by atoms with van der Waals surface area (Å²) in [6.45, 7) is 3.17. The van der Waals surface area contributed by atoms with Gasteiger partial charge in [0.25, 0.3) is 0 Å². The molecule has 0 fully saturated rings. The molecule has 0 heterocycles. The standard InChI is InChI=1S/C8H18ClNO4S2/c1-3-15(11,12)5-4-10-16(13,14)7-8(2)6-9/h8,10H,3-7H2,1-2H3. The Balaban J connectivity index is 4.11. The highest BCUT2D eigenvalue weighted by Gasteiger charge is 2.16. The molecule has 1 atom stereocenters. The average molecular weight is 292 g/mol. The van der Waals surface area contributed by atoms with Crippen LogP contribution in [0, 0.1) is 5.92 Å². The fourth-order valence-electron chi connectivity index (χ4n) is 0.975. The van der Waals surface area contributed by atoms with Crippen LogP contribution in [0.15, 0.2) is 0 Å². The number of hydrogen-bond acceptors (Lipinski definition) is 4. The van der Waals surface area contributed by atoms with Crippen molar-refractivity contribution < 1.29 is 16.8 Å². The molecule has 0 saturated carbocycles. The molecule has 1 unspecified atom stereocenters. The molecule has 8 heteroatoms. The Kier molecular flexibility index (Phi) is 6.84. The van der Waals surface area contributed by atoms with E-state index in [1.54, 1.807) is 6.92 Å². The molecule has 0 rings (SSSR count). The summed E-state index contributed by atoms with van der Waals surface area (Å²) >= 11 is 5.50. The summed E-state index contributed by atoms with van der Waals surface area (Å²) in [5, 5.41) is 0. The number of sulfonamides is 1. The van der Waals surface area contributed by atoms with E-state index in [1.807, 2.05) is 0 Å². The first kappa shape index (κ1) is 16.1. The fourth-order valence-corrected chi connectivity index (χ4v) is 3.44. The van der Waals surface area contributed by atoms with E-state index in [0.717, 1.165) is 0 Å². The van der Waals surface area contributed by atoms with Crippen LogP contribution in [0.4, 0.5) is 0 Å². The van der Waals surface area contributed by atoms with Crippen molar-refractivity contribution in [1.29, 1.82) is 0 Å². The van der Waals surface area contributed by atoms with Crippen molar-refractivity contribution in [1.82, 2.24) is 4.72 Å². The smallest absolute Gasteiger partial charge is 0.211 e. The molecule has 0 aromatic heterocycles. The molecule has 16 heavy (non-hydrogen) atoms. The molecular weight excluding hydrogens is 274 g/mol. The van der Waals surface area contributed by atoms with Crippen LogP contribution in [0.2, 0.25) is 0 Å². The predicted octanol–water partition coefficient (Wildman–Crippen LogP) is 0.215. The number of halogens is 1. The first-order chi connectivity index (χ1) is 7.22. The van der Waals surface area contributed by atoms with Crippen molar-refractivity contribution in [3.63, 3.8) is 0 Å². The van der Waals surface area contributed by atoms with Crippen LogP contribution < -0.4 is 4.72 Å².